The normalized spacial score (nSPS) is 17.9. The van der Waals surface area contributed by atoms with Gasteiger partial charge in [0, 0.05) is 13.1 Å². The van der Waals surface area contributed by atoms with Gasteiger partial charge in [-0.25, -0.2) is 5.84 Å². The van der Waals surface area contributed by atoms with E-state index in [4.69, 9.17) is 10.6 Å². The first-order valence-corrected chi connectivity index (χ1v) is 6.92. The fourth-order valence-electron chi connectivity index (χ4n) is 2.33. The van der Waals surface area contributed by atoms with Gasteiger partial charge in [-0.1, -0.05) is 0 Å². The maximum absolute atomic E-state index is 9.62. The van der Waals surface area contributed by atoms with Crippen molar-refractivity contribution < 1.29 is 9.84 Å². The maximum Gasteiger partial charge on any atom is 0.323 e. The molecule has 1 unspecified atom stereocenters. The number of aliphatic hydroxyl groups excluding tert-OH is 1. The largest absolute Gasteiger partial charge is 0.464 e. The van der Waals surface area contributed by atoms with Crippen molar-refractivity contribution in [3.8, 4) is 6.01 Å². The van der Waals surface area contributed by atoms with Crippen LogP contribution >= 0.6 is 0 Å². The van der Waals surface area contributed by atoms with E-state index >= 15 is 0 Å². The van der Waals surface area contributed by atoms with E-state index < -0.39 is 0 Å². The fraction of sp³-hybridized carbons (Fsp3) is 0.750. The summed E-state index contributed by atoms with van der Waals surface area (Å²) in [7, 11) is 0. The van der Waals surface area contributed by atoms with Gasteiger partial charge in [-0.15, -0.1) is 0 Å². The van der Waals surface area contributed by atoms with Gasteiger partial charge in [-0.3, -0.25) is 5.43 Å². The number of hydrogen-bond acceptors (Lipinski definition) is 8. The molecule has 1 aliphatic heterocycles. The molecular weight excluding hydrogens is 260 g/mol. The molecule has 0 amide bonds. The van der Waals surface area contributed by atoms with Crippen molar-refractivity contribution in [2.75, 3.05) is 30.0 Å². The number of aromatic nitrogens is 3. The van der Waals surface area contributed by atoms with Crippen LogP contribution in [0.3, 0.4) is 0 Å². The van der Waals surface area contributed by atoms with Gasteiger partial charge in [0.25, 0.3) is 0 Å². The molecule has 0 aromatic carbocycles. The molecule has 1 fully saturated rings. The molecule has 8 nitrogen and oxygen atoms in total. The Hall–Kier alpha value is -1.67. The van der Waals surface area contributed by atoms with E-state index in [9.17, 15) is 5.11 Å². The number of nitrogens with one attached hydrogen (secondary N) is 1. The van der Waals surface area contributed by atoms with Crippen LogP contribution in [0.2, 0.25) is 0 Å². The van der Waals surface area contributed by atoms with E-state index in [2.05, 4.69) is 25.3 Å². The first-order chi connectivity index (χ1) is 9.63. The SMILES string of the molecule is CCOc1nc(NN)nc(N2CCC(C(C)O)CC2)n1. The summed E-state index contributed by atoms with van der Waals surface area (Å²) in [6.07, 6.45) is 1.56. The van der Waals surface area contributed by atoms with Crippen LogP contribution in [0.1, 0.15) is 26.7 Å². The summed E-state index contributed by atoms with van der Waals surface area (Å²) in [5.41, 5.74) is 2.42. The molecular formula is C12H22N6O2. The monoisotopic (exact) mass is 282 g/mol. The lowest BCUT2D eigenvalue weighted by Gasteiger charge is -2.33. The van der Waals surface area contributed by atoms with Crippen LogP contribution in [0.5, 0.6) is 6.01 Å². The Labute approximate surface area is 118 Å². The minimum absolute atomic E-state index is 0.267. The smallest absolute Gasteiger partial charge is 0.323 e. The standard InChI is InChI=1S/C12H22N6O2/c1-3-20-12-15-10(17-13)14-11(16-12)18-6-4-9(5-7-18)8(2)19/h8-9,19H,3-7,13H2,1-2H3,(H,14,15,16,17). The molecule has 1 aromatic heterocycles. The number of rotatable bonds is 5. The molecule has 1 aromatic rings. The lowest BCUT2D eigenvalue weighted by atomic mass is 9.92. The summed E-state index contributed by atoms with van der Waals surface area (Å²) in [5.74, 6) is 6.55. The molecule has 1 saturated heterocycles. The van der Waals surface area contributed by atoms with E-state index in [-0.39, 0.29) is 18.1 Å². The Morgan fingerprint density at radius 1 is 1.40 bits per heavy atom. The maximum atomic E-state index is 9.62. The molecule has 2 rings (SSSR count). The Morgan fingerprint density at radius 2 is 2.10 bits per heavy atom. The Bertz CT molecular complexity index is 434. The highest BCUT2D eigenvalue weighted by molar-refractivity contribution is 5.38. The van der Waals surface area contributed by atoms with Gasteiger partial charge in [0.2, 0.25) is 11.9 Å². The predicted octanol–water partition coefficient (Wildman–Crippen LogP) is 0.153. The third-order valence-electron chi connectivity index (χ3n) is 3.51. The zero-order valence-electron chi connectivity index (χ0n) is 11.9. The van der Waals surface area contributed by atoms with Crippen molar-refractivity contribution in [1.29, 1.82) is 0 Å². The Morgan fingerprint density at radius 3 is 2.65 bits per heavy atom. The van der Waals surface area contributed by atoms with Gasteiger partial charge in [-0.05, 0) is 32.6 Å². The fourth-order valence-corrected chi connectivity index (χ4v) is 2.33. The van der Waals surface area contributed by atoms with Crippen LogP contribution in [-0.2, 0) is 0 Å². The lowest BCUT2D eigenvalue weighted by molar-refractivity contribution is 0.109. The highest BCUT2D eigenvalue weighted by atomic mass is 16.5. The van der Waals surface area contributed by atoms with E-state index in [0.29, 0.717) is 18.5 Å². The second kappa shape index (κ2) is 6.67. The van der Waals surface area contributed by atoms with Crippen LogP contribution in [-0.4, -0.2) is 45.9 Å². The number of nitrogen functional groups attached to an aromatic ring is 1. The third-order valence-corrected chi connectivity index (χ3v) is 3.51. The van der Waals surface area contributed by atoms with Crippen LogP contribution in [0.15, 0.2) is 0 Å². The van der Waals surface area contributed by atoms with E-state index in [1.807, 2.05) is 13.8 Å². The molecule has 112 valence electrons. The molecule has 0 spiro atoms. The quantitative estimate of drug-likeness (QED) is 0.517. The van der Waals surface area contributed by atoms with Gasteiger partial charge in [0.15, 0.2) is 0 Å². The minimum atomic E-state index is -0.268. The molecule has 0 aliphatic carbocycles. The Kier molecular flexibility index (Phi) is 4.91. The van der Waals surface area contributed by atoms with Crippen LogP contribution < -0.4 is 20.9 Å². The van der Waals surface area contributed by atoms with Crippen molar-refractivity contribution in [2.45, 2.75) is 32.8 Å². The number of nitrogens with zero attached hydrogens (tertiary/aromatic N) is 4. The molecule has 0 bridgehead atoms. The van der Waals surface area contributed by atoms with Gasteiger partial charge < -0.3 is 14.7 Å². The number of ether oxygens (including phenoxy) is 1. The van der Waals surface area contributed by atoms with Crippen LogP contribution in [0.4, 0.5) is 11.9 Å². The number of hydrogen-bond donors (Lipinski definition) is 3. The summed E-state index contributed by atoms with van der Waals surface area (Å²) in [6.45, 7) is 5.79. The van der Waals surface area contributed by atoms with Crippen molar-refractivity contribution in [1.82, 2.24) is 15.0 Å². The van der Waals surface area contributed by atoms with Crippen molar-refractivity contribution >= 4 is 11.9 Å². The topological polar surface area (TPSA) is 109 Å². The molecule has 1 atom stereocenters. The summed E-state index contributed by atoms with van der Waals surface area (Å²) >= 11 is 0. The van der Waals surface area contributed by atoms with E-state index in [1.54, 1.807) is 0 Å². The number of nitrogens with two attached hydrogens (primary N) is 1. The molecule has 0 saturated carbocycles. The summed E-state index contributed by atoms with van der Waals surface area (Å²) in [5, 5.41) is 9.62. The number of hydrazine groups is 1. The second-order valence-corrected chi connectivity index (χ2v) is 4.88. The third kappa shape index (κ3) is 3.45. The number of anilines is 2. The molecule has 8 heteroatoms. The van der Waals surface area contributed by atoms with Crippen molar-refractivity contribution in [2.24, 2.45) is 11.8 Å². The van der Waals surface area contributed by atoms with Gasteiger partial charge in [-0.2, -0.15) is 15.0 Å². The highest BCUT2D eigenvalue weighted by Crippen LogP contribution is 2.24. The zero-order valence-corrected chi connectivity index (χ0v) is 11.9. The van der Waals surface area contributed by atoms with E-state index in [1.165, 1.54) is 0 Å². The van der Waals surface area contributed by atoms with E-state index in [0.717, 1.165) is 25.9 Å². The van der Waals surface area contributed by atoms with Crippen molar-refractivity contribution in [3.63, 3.8) is 0 Å². The summed E-state index contributed by atoms with van der Waals surface area (Å²) in [6, 6.07) is 0.267. The van der Waals surface area contributed by atoms with Crippen LogP contribution in [0.25, 0.3) is 0 Å². The first-order valence-electron chi connectivity index (χ1n) is 6.92. The van der Waals surface area contributed by atoms with Gasteiger partial charge in [0.1, 0.15) is 0 Å². The highest BCUT2D eigenvalue weighted by Gasteiger charge is 2.24. The van der Waals surface area contributed by atoms with Crippen LogP contribution in [0, 0.1) is 5.92 Å². The lowest BCUT2D eigenvalue weighted by Crippen LogP contribution is -2.38. The zero-order chi connectivity index (χ0) is 14.5. The molecule has 4 N–H and O–H groups in total. The first kappa shape index (κ1) is 14.7. The predicted molar refractivity (Wildman–Crippen MR) is 75.4 cm³/mol. The molecule has 2 heterocycles. The van der Waals surface area contributed by atoms with Gasteiger partial charge >= 0.3 is 6.01 Å². The van der Waals surface area contributed by atoms with Gasteiger partial charge in [0.05, 0.1) is 12.7 Å². The number of aliphatic hydroxyl groups is 1. The minimum Gasteiger partial charge on any atom is -0.464 e. The average Bonchev–Trinajstić information content (AvgIpc) is 2.47. The second-order valence-electron chi connectivity index (χ2n) is 4.88. The molecule has 20 heavy (non-hydrogen) atoms. The summed E-state index contributed by atoms with van der Waals surface area (Å²) < 4.78 is 5.31. The number of piperidine rings is 1. The molecule has 1 aliphatic rings. The van der Waals surface area contributed by atoms with Crippen molar-refractivity contribution in [3.05, 3.63) is 0 Å². The average molecular weight is 282 g/mol. The summed E-state index contributed by atoms with van der Waals surface area (Å²) in [4.78, 5) is 14.6. The Balaban J connectivity index is 2.10. The molecule has 0 radical (unpaired) electrons.